The fourth-order valence-electron chi connectivity index (χ4n) is 2.95. The smallest absolute Gasteiger partial charge is 0.137 e. The number of pyridine rings is 1. The second-order valence-corrected chi connectivity index (χ2v) is 16.5. The molecule has 8 heteroatoms. The molecule has 0 aliphatic carbocycles. The minimum Gasteiger partial charge on any atom is -0.361 e. The first-order valence-electron chi connectivity index (χ1n) is 9.62. The predicted molar refractivity (Wildman–Crippen MR) is 131 cm³/mol. The molecule has 30 heavy (non-hydrogen) atoms. The van der Waals surface area contributed by atoms with Crippen LogP contribution in [0, 0.1) is 5.82 Å². The summed E-state index contributed by atoms with van der Waals surface area (Å²) in [5.41, 5.74) is 3.48. The van der Waals surface area contributed by atoms with Crippen LogP contribution >= 0.6 is 31.9 Å². The Morgan fingerprint density at radius 1 is 1.07 bits per heavy atom. The summed E-state index contributed by atoms with van der Waals surface area (Å²) >= 11 is 6.88. The highest BCUT2D eigenvalue weighted by Crippen LogP contribution is 2.34. The molecule has 2 aromatic heterocycles. The van der Waals surface area contributed by atoms with Crippen LogP contribution in [0.25, 0.3) is 28.6 Å². The number of benzene rings is 1. The van der Waals surface area contributed by atoms with Gasteiger partial charge in [-0.05, 0) is 74.3 Å². The van der Waals surface area contributed by atoms with Gasteiger partial charge in [0.25, 0.3) is 0 Å². The van der Waals surface area contributed by atoms with Crippen molar-refractivity contribution in [1.82, 2.24) is 14.5 Å². The zero-order valence-electron chi connectivity index (χ0n) is 17.2. The number of halogens is 3. The second-order valence-electron chi connectivity index (χ2n) is 8.12. The molecule has 0 spiro atoms. The van der Waals surface area contributed by atoms with Crippen molar-refractivity contribution in [3.05, 3.63) is 63.8 Å². The van der Waals surface area contributed by atoms with Gasteiger partial charge in [-0.25, -0.2) is 9.37 Å². The number of nitrogens with zero attached hydrogens (tertiary/aromatic N) is 3. The van der Waals surface area contributed by atoms with Gasteiger partial charge in [0.1, 0.15) is 18.4 Å². The summed E-state index contributed by atoms with van der Waals surface area (Å²) in [7, 11) is -1.19. The largest absolute Gasteiger partial charge is 0.361 e. The highest BCUT2D eigenvalue weighted by atomic mass is 79.9. The van der Waals surface area contributed by atoms with Crippen molar-refractivity contribution in [2.75, 3.05) is 6.61 Å². The molecule has 0 saturated carbocycles. The molecule has 0 radical (unpaired) electrons. The Morgan fingerprint density at radius 2 is 1.73 bits per heavy atom. The third-order valence-electron chi connectivity index (χ3n) is 4.52. The molecule has 2 heterocycles. The molecule has 0 aliphatic heterocycles. The Morgan fingerprint density at radius 3 is 2.33 bits per heavy atom. The van der Waals surface area contributed by atoms with E-state index >= 15 is 0 Å². The Bertz CT molecular complexity index is 1010. The normalized spacial score (nSPS) is 11.5. The van der Waals surface area contributed by atoms with Crippen molar-refractivity contribution in [3.8, 4) is 22.5 Å². The lowest BCUT2D eigenvalue weighted by molar-refractivity contribution is 0.0878. The van der Waals surface area contributed by atoms with E-state index in [1.54, 1.807) is 24.5 Å². The molecule has 0 unspecified atom stereocenters. The topological polar surface area (TPSA) is 39.9 Å². The molecule has 0 bridgehead atoms. The van der Waals surface area contributed by atoms with Crippen LogP contribution in [0.1, 0.15) is 5.82 Å². The van der Waals surface area contributed by atoms with Crippen LogP contribution < -0.4 is 0 Å². The van der Waals surface area contributed by atoms with Crippen molar-refractivity contribution >= 4 is 46.0 Å². The minimum absolute atomic E-state index is 0.273. The van der Waals surface area contributed by atoms with Crippen LogP contribution in [0.3, 0.4) is 0 Å². The van der Waals surface area contributed by atoms with Gasteiger partial charge in [0.05, 0.1) is 14.8 Å². The van der Waals surface area contributed by atoms with Gasteiger partial charge in [-0.1, -0.05) is 19.6 Å². The molecular formula is C22H24Br2FN3OSi. The Hall–Kier alpha value is -1.61. The Balaban J connectivity index is 2.10. The molecule has 0 atom stereocenters. The minimum atomic E-state index is -1.19. The summed E-state index contributed by atoms with van der Waals surface area (Å²) in [5, 5.41) is 0. The van der Waals surface area contributed by atoms with E-state index in [-0.39, 0.29) is 5.82 Å². The fraction of sp³-hybridized carbons (Fsp3) is 0.273. The van der Waals surface area contributed by atoms with E-state index in [4.69, 9.17) is 9.72 Å². The van der Waals surface area contributed by atoms with E-state index in [0.29, 0.717) is 13.3 Å². The number of aromatic nitrogens is 3. The second kappa shape index (κ2) is 10.1. The summed E-state index contributed by atoms with van der Waals surface area (Å²) in [6.07, 6.45) is 5.37. The maximum absolute atomic E-state index is 13.6. The molecule has 0 fully saturated rings. The van der Waals surface area contributed by atoms with Gasteiger partial charge in [-0.3, -0.25) is 9.55 Å². The molecule has 3 rings (SSSR count). The van der Waals surface area contributed by atoms with E-state index in [9.17, 15) is 4.39 Å². The molecule has 1 aromatic carbocycles. The highest BCUT2D eigenvalue weighted by Gasteiger charge is 2.20. The van der Waals surface area contributed by atoms with Crippen LogP contribution in [0.15, 0.2) is 52.2 Å². The van der Waals surface area contributed by atoms with Gasteiger partial charge in [-0.2, -0.15) is 0 Å². The van der Waals surface area contributed by atoms with Crippen LogP contribution in [-0.2, 0) is 11.5 Å². The maximum Gasteiger partial charge on any atom is 0.137 e. The Kier molecular flexibility index (Phi) is 7.79. The number of ether oxygens (including phenoxy) is 1. The van der Waals surface area contributed by atoms with Crippen LogP contribution in [-0.4, -0.2) is 29.2 Å². The van der Waals surface area contributed by atoms with Gasteiger partial charge < -0.3 is 4.74 Å². The van der Waals surface area contributed by atoms with Crippen molar-refractivity contribution < 1.29 is 9.13 Å². The van der Waals surface area contributed by atoms with E-state index in [1.807, 2.05) is 22.8 Å². The number of imidazole rings is 1. The first-order valence-corrected chi connectivity index (χ1v) is 14.9. The van der Waals surface area contributed by atoms with Gasteiger partial charge in [0.2, 0.25) is 0 Å². The first-order chi connectivity index (χ1) is 14.2. The quantitative estimate of drug-likeness (QED) is 0.220. The molecule has 4 nitrogen and oxygen atoms in total. The number of hydrogen-bond donors (Lipinski definition) is 0. The Labute approximate surface area is 194 Å². The van der Waals surface area contributed by atoms with Gasteiger partial charge in [0.15, 0.2) is 0 Å². The third-order valence-corrected chi connectivity index (χ3v) is 6.69. The molecule has 0 N–H and O–H groups in total. The zero-order valence-corrected chi connectivity index (χ0v) is 21.4. The summed E-state index contributed by atoms with van der Waals surface area (Å²) in [6.45, 7) is 8.04. The van der Waals surface area contributed by atoms with Crippen LogP contribution in [0.2, 0.25) is 25.7 Å². The molecule has 0 aliphatic rings. The highest BCUT2D eigenvalue weighted by molar-refractivity contribution is 9.28. The molecular weight excluding hydrogens is 529 g/mol. The summed E-state index contributed by atoms with van der Waals surface area (Å²) in [6, 6.07) is 11.4. The lowest BCUT2D eigenvalue weighted by Crippen LogP contribution is -2.22. The molecule has 0 amide bonds. The average molecular weight is 553 g/mol. The maximum atomic E-state index is 13.6. The van der Waals surface area contributed by atoms with Gasteiger partial charge in [0, 0.05) is 44.3 Å². The van der Waals surface area contributed by atoms with E-state index in [0.717, 1.165) is 37.8 Å². The van der Waals surface area contributed by atoms with Crippen LogP contribution in [0.4, 0.5) is 4.39 Å². The lowest BCUT2D eigenvalue weighted by atomic mass is 10.1. The monoisotopic (exact) mass is 551 g/mol. The third kappa shape index (κ3) is 6.20. The van der Waals surface area contributed by atoms with E-state index < -0.39 is 8.07 Å². The van der Waals surface area contributed by atoms with Crippen molar-refractivity contribution in [2.45, 2.75) is 32.4 Å². The molecule has 0 saturated heterocycles. The fourth-order valence-corrected chi connectivity index (χ4v) is 4.12. The van der Waals surface area contributed by atoms with Crippen LogP contribution in [0.5, 0.6) is 0 Å². The van der Waals surface area contributed by atoms with E-state index in [2.05, 4.69) is 56.5 Å². The van der Waals surface area contributed by atoms with Gasteiger partial charge >= 0.3 is 0 Å². The number of rotatable bonds is 8. The van der Waals surface area contributed by atoms with E-state index in [1.165, 1.54) is 12.1 Å². The zero-order chi connectivity index (χ0) is 21.7. The molecule has 158 valence electrons. The summed E-state index contributed by atoms with van der Waals surface area (Å²) < 4.78 is 22.5. The average Bonchev–Trinajstić information content (AvgIpc) is 3.03. The predicted octanol–water partition coefficient (Wildman–Crippen LogP) is 7.15. The summed E-state index contributed by atoms with van der Waals surface area (Å²) in [5.74, 6) is 0.461. The SMILES string of the molecule is C[Si](C)(C)CCOCn1c(C=C(Br)Br)nc(-c2ccncc2)c1-c1ccc(F)cc1. The summed E-state index contributed by atoms with van der Waals surface area (Å²) in [4.78, 5) is 8.99. The lowest BCUT2D eigenvalue weighted by Gasteiger charge is -2.17. The number of hydrogen-bond acceptors (Lipinski definition) is 3. The molecule has 3 aromatic rings. The van der Waals surface area contributed by atoms with Gasteiger partial charge in [-0.15, -0.1) is 0 Å². The standard InChI is InChI=1S/C22H24Br2FN3OSi/c1-30(2,3)13-12-29-15-28-20(14-19(23)24)27-21(16-8-10-26-11-9-16)22(28)17-4-6-18(25)7-5-17/h4-11,14H,12-13,15H2,1-3H3. The van der Waals surface area contributed by atoms with Crippen molar-refractivity contribution in [3.63, 3.8) is 0 Å². The van der Waals surface area contributed by atoms with Crippen molar-refractivity contribution in [2.24, 2.45) is 0 Å². The first kappa shape index (κ1) is 23.1. The van der Waals surface area contributed by atoms with Crippen molar-refractivity contribution in [1.29, 1.82) is 0 Å².